The van der Waals surface area contributed by atoms with Gasteiger partial charge in [-0.2, -0.15) is 4.98 Å². The predicted octanol–water partition coefficient (Wildman–Crippen LogP) is 3.87. The van der Waals surface area contributed by atoms with Crippen molar-refractivity contribution >= 4 is 56.3 Å². The van der Waals surface area contributed by atoms with E-state index in [4.69, 9.17) is 26.1 Å². The van der Waals surface area contributed by atoms with Crippen molar-refractivity contribution in [1.82, 2.24) is 29.8 Å². The highest BCUT2D eigenvalue weighted by molar-refractivity contribution is 7.91. The number of alkyl carbamates (subject to hydrolysis) is 1. The summed E-state index contributed by atoms with van der Waals surface area (Å²) in [6, 6.07) is 2.58. The van der Waals surface area contributed by atoms with Gasteiger partial charge < -0.3 is 25.0 Å². The molecule has 0 spiro atoms. The number of fused-ring (bicyclic) bond motifs is 5. The smallest absolute Gasteiger partial charge is 0.408 e. The van der Waals surface area contributed by atoms with E-state index in [2.05, 4.69) is 21.9 Å². The minimum Gasteiger partial charge on any atom is -0.459 e. The third-order valence-electron chi connectivity index (χ3n) is 12.7. The highest BCUT2D eigenvalue weighted by Gasteiger charge is 2.62. The number of halogens is 1. The van der Waals surface area contributed by atoms with Crippen molar-refractivity contribution in [1.29, 1.82) is 0 Å². The van der Waals surface area contributed by atoms with Gasteiger partial charge in [-0.1, -0.05) is 42.7 Å². The molecule has 57 heavy (non-hydrogen) atoms. The number of carbonyl (C=O) groups excluding carboxylic acids is 4. The van der Waals surface area contributed by atoms with Gasteiger partial charge in [0.2, 0.25) is 21.8 Å². The lowest BCUT2D eigenvalue weighted by molar-refractivity contribution is -0.142. The normalized spacial score (nSPS) is 30.9. The van der Waals surface area contributed by atoms with Crippen molar-refractivity contribution < 1.29 is 37.1 Å². The molecule has 1 aromatic carbocycles. The monoisotopic (exact) mass is 824 g/mol. The number of ether oxygens (including phenoxy) is 2. The number of amides is 4. The minimum absolute atomic E-state index is 0.0149. The van der Waals surface area contributed by atoms with Gasteiger partial charge >= 0.3 is 6.09 Å². The first-order chi connectivity index (χ1) is 27.4. The molecular weight excluding hydrogens is 776 g/mol. The number of hydrogen-bond donors (Lipinski definition) is 3. The lowest BCUT2D eigenvalue weighted by atomic mass is 9.96. The Labute approximate surface area is 336 Å². The van der Waals surface area contributed by atoms with E-state index >= 15 is 0 Å². The van der Waals surface area contributed by atoms with Crippen LogP contribution in [0, 0.1) is 17.8 Å². The third kappa shape index (κ3) is 8.03. The summed E-state index contributed by atoms with van der Waals surface area (Å²) in [4.78, 5) is 76.5. The number of allylic oxidation sites excluding steroid dienone is 2. The number of rotatable bonds is 7. The average Bonchev–Trinajstić information content (AvgIpc) is 3.96. The number of nitrogens with one attached hydrogen (secondary N) is 3. The largest absolute Gasteiger partial charge is 0.459 e. The molecule has 3 heterocycles. The van der Waals surface area contributed by atoms with Crippen LogP contribution < -0.4 is 25.7 Å². The summed E-state index contributed by atoms with van der Waals surface area (Å²) in [5, 5.41) is 5.77. The molecule has 2 aromatic rings. The van der Waals surface area contributed by atoms with Crippen LogP contribution in [0.4, 0.5) is 4.79 Å². The average molecular weight is 825 g/mol. The van der Waals surface area contributed by atoms with Gasteiger partial charge in [0.25, 0.3) is 17.5 Å². The standard InChI is InChI=1S/C40H49ClN6O9S/c1-2-25-21-40(25,37(51)45-57(53,54)28-15-16-28)44-34(48)31-20-27-22-47(31)36(50)33(24-10-5-6-11-24)43-39(52)56-32-13-8-12-23(32)9-4-3-7-18-46-35(49)29-17-14-26(41)19-30(29)42-38(46)55-27/h2-3,7,14,17,19,23-25,27-28,31-33H,1,4-6,8-13,15-16,18,20-22H2,(H,43,52)(H,44,48)(H,45,51)/t23-,25-,27-,31+,32-,33+,40-/m1/s1. The fourth-order valence-corrected chi connectivity index (χ4v) is 10.7. The van der Waals surface area contributed by atoms with Crippen molar-refractivity contribution in [3.05, 3.63) is 58.4 Å². The Morgan fingerprint density at radius 3 is 2.51 bits per heavy atom. The number of aromatic nitrogens is 2. The van der Waals surface area contributed by atoms with Crippen molar-refractivity contribution in [3.63, 3.8) is 0 Å². The first-order valence-electron chi connectivity index (χ1n) is 20.2. The maximum atomic E-state index is 14.8. The molecule has 2 aliphatic heterocycles. The molecule has 1 saturated heterocycles. The first-order valence-corrected chi connectivity index (χ1v) is 22.1. The summed E-state index contributed by atoms with van der Waals surface area (Å²) in [7, 11) is -3.93. The Hall–Kier alpha value is -4.44. The van der Waals surface area contributed by atoms with Crippen LogP contribution in [-0.4, -0.2) is 88.3 Å². The van der Waals surface area contributed by atoms with Gasteiger partial charge in [0, 0.05) is 23.9 Å². The Kier molecular flexibility index (Phi) is 10.9. The molecule has 5 fully saturated rings. The summed E-state index contributed by atoms with van der Waals surface area (Å²) in [5.41, 5.74) is -1.62. The van der Waals surface area contributed by atoms with Gasteiger partial charge in [0.15, 0.2) is 0 Å². The second-order valence-corrected chi connectivity index (χ2v) is 18.9. The zero-order valence-corrected chi connectivity index (χ0v) is 33.3. The second-order valence-electron chi connectivity index (χ2n) is 16.5. The van der Waals surface area contributed by atoms with Crippen LogP contribution in [0.2, 0.25) is 5.02 Å². The van der Waals surface area contributed by atoms with Crippen LogP contribution >= 0.6 is 11.6 Å². The van der Waals surface area contributed by atoms with Gasteiger partial charge in [-0.3, -0.25) is 28.5 Å². The number of hydrogen-bond acceptors (Lipinski definition) is 10. The van der Waals surface area contributed by atoms with E-state index in [9.17, 15) is 32.4 Å². The van der Waals surface area contributed by atoms with E-state index < -0.39 is 68.7 Å². The van der Waals surface area contributed by atoms with Crippen molar-refractivity contribution in [2.45, 2.75) is 125 Å². The van der Waals surface area contributed by atoms with Gasteiger partial charge in [-0.15, -0.1) is 6.58 Å². The van der Waals surface area contributed by atoms with E-state index in [0.29, 0.717) is 54.5 Å². The maximum absolute atomic E-state index is 14.8. The van der Waals surface area contributed by atoms with Gasteiger partial charge in [0.05, 0.1) is 22.7 Å². The van der Waals surface area contributed by atoms with Crippen LogP contribution in [0.5, 0.6) is 6.01 Å². The highest BCUT2D eigenvalue weighted by atomic mass is 35.5. The van der Waals surface area contributed by atoms with Gasteiger partial charge in [-0.25, -0.2) is 13.2 Å². The van der Waals surface area contributed by atoms with Gasteiger partial charge in [-0.05, 0) is 94.2 Å². The van der Waals surface area contributed by atoms with Crippen LogP contribution in [0.25, 0.3) is 10.9 Å². The zero-order valence-electron chi connectivity index (χ0n) is 31.7. The summed E-state index contributed by atoms with van der Waals surface area (Å²) in [6.45, 7) is 3.82. The van der Waals surface area contributed by atoms with Gasteiger partial charge in [0.1, 0.15) is 29.8 Å². The zero-order chi connectivity index (χ0) is 40.1. The predicted molar refractivity (Wildman–Crippen MR) is 210 cm³/mol. The number of sulfonamides is 1. The molecule has 4 aliphatic carbocycles. The van der Waals surface area contributed by atoms with E-state index in [-0.39, 0.29) is 55.4 Å². The fourth-order valence-electron chi connectivity index (χ4n) is 9.21. The molecule has 2 bridgehead atoms. The van der Waals surface area contributed by atoms with Crippen molar-refractivity contribution in [2.24, 2.45) is 17.8 Å². The molecule has 8 rings (SSSR count). The second kappa shape index (κ2) is 15.7. The molecule has 0 radical (unpaired) electrons. The molecule has 7 atom stereocenters. The summed E-state index contributed by atoms with van der Waals surface area (Å²) in [6.07, 6.45) is 11.6. The number of benzene rings is 1. The molecule has 1 aromatic heterocycles. The first kappa shape index (κ1) is 39.4. The van der Waals surface area contributed by atoms with Crippen molar-refractivity contribution in [3.8, 4) is 6.01 Å². The molecule has 4 amide bonds. The number of nitrogens with zero attached hydrogens (tertiary/aromatic N) is 3. The third-order valence-corrected chi connectivity index (χ3v) is 14.7. The quantitative estimate of drug-likeness (QED) is 0.345. The highest BCUT2D eigenvalue weighted by Crippen LogP contribution is 2.46. The van der Waals surface area contributed by atoms with E-state index in [1.165, 1.54) is 15.5 Å². The van der Waals surface area contributed by atoms with E-state index in [1.807, 2.05) is 12.2 Å². The number of carbonyl (C=O) groups is 4. The van der Waals surface area contributed by atoms with Crippen LogP contribution in [0.3, 0.4) is 0 Å². The van der Waals surface area contributed by atoms with E-state index in [1.54, 1.807) is 18.2 Å². The van der Waals surface area contributed by atoms with Crippen molar-refractivity contribution in [2.75, 3.05) is 6.54 Å². The molecule has 0 unspecified atom stereocenters. The topological polar surface area (TPSA) is 195 Å². The minimum atomic E-state index is -3.93. The molecule has 306 valence electrons. The molecular formula is C40H49ClN6O9S. The Morgan fingerprint density at radius 1 is 1.00 bits per heavy atom. The van der Waals surface area contributed by atoms with Crippen LogP contribution in [0.1, 0.15) is 83.5 Å². The Morgan fingerprint density at radius 2 is 1.77 bits per heavy atom. The summed E-state index contributed by atoms with van der Waals surface area (Å²) in [5.74, 6) is -2.68. The molecule has 15 nitrogen and oxygen atoms in total. The molecule has 6 aliphatic rings. The summed E-state index contributed by atoms with van der Waals surface area (Å²) < 4.78 is 41.6. The van der Waals surface area contributed by atoms with Crippen LogP contribution in [-0.2, 0) is 35.7 Å². The van der Waals surface area contributed by atoms with Crippen LogP contribution in [0.15, 0.2) is 47.8 Å². The Balaban J connectivity index is 1.15. The lowest BCUT2D eigenvalue weighted by Gasteiger charge is -2.32. The fraction of sp³-hybridized carbons (Fsp3) is 0.600. The molecule has 17 heteroatoms. The summed E-state index contributed by atoms with van der Waals surface area (Å²) >= 11 is 6.29. The molecule has 3 N–H and O–H groups in total. The SMILES string of the molecule is C=C[C@@H]1C[C@]1(NC(=O)[C@@H]1C[C@@H]2CN1C(=O)[C@H](C1CCCC1)NC(=O)O[C@@H]1CCC[C@H]1CCC=CCn1c(nc3cc(Cl)ccc3c1=O)O2)C(=O)NS(=O)(=O)C1CC1. The van der Waals surface area contributed by atoms with E-state index in [0.717, 1.165) is 32.1 Å². The maximum Gasteiger partial charge on any atom is 0.408 e. The molecule has 4 saturated carbocycles. The Bertz CT molecular complexity index is 2170. The lowest BCUT2D eigenvalue weighted by Crippen LogP contribution is -2.59.